The second-order valence-corrected chi connectivity index (χ2v) is 5.30. The highest BCUT2D eigenvalue weighted by molar-refractivity contribution is 7.99. The van der Waals surface area contributed by atoms with Gasteiger partial charge in [0, 0.05) is 17.7 Å². The number of carboxylic acids is 1. The van der Waals surface area contributed by atoms with E-state index in [0.717, 1.165) is 16.6 Å². The summed E-state index contributed by atoms with van der Waals surface area (Å²) >= 11 is 1.28. The number of aromatic amines is 1. The molecule has 0 saturated heterocycles. The Bertz CT molecular complexity index is 612. The van der Waals surface area contributed by atoms with Gasteiger partial charge >= 0.3 is 5.97 Å². The Morgan fingerprint density at radius 3 is 2.95 bits per heavy atom. The molecule has 0 fully saturated rings. The lowest BCUT2D eigenvalue weighted by Gasteiger charge is -2.03. The number of nitrogens with zero attached hydrogens (tertiary/aromatic N) is 1. The Kier molecular flexibility index (Phi) is 5.00. The summed E-state index contributed by atoms with van der Waals surface area (Å²) in [6.45, 7) is 0.461. The van der Waals surface area contributed by atoms with Crippen LogP contribution in [0.2, 0.25) is 0 Å². The van der Waals surface area contributed by atoms with Gasteiger partial charge in [-0.2, -0.15) is 5.10 Å². The summed E-state index contributed by atoms with van der Waals surface area (Å²) < 4.78 is 0. The minimum atomic E-state index is -0.842. The van der Waals surface area contributed by atoms with Gasteiger partial charge in [-0.3, -0.25) is 14.7 Å². The first-order chi connectivity index (χ1) is 9.66. The number of hydrogen-bond donors (Lipinski definition) is 3. The second-order valence-electron chi connectivity index (χ2n) is 4.19. The molecule has 1 amide bonds. The largest absolute Gasteiger partial charge is 0.481 e. The molecule has 0 aliphatic rings. The van der Waals surface area contributed by atoms with Crippen LogP contribution < -0.4 is 5.32 Å². The van der Waals surface area contributed by atoms with E-state index in [9.17, 15) is 9.59 Å². The summed E-state index contributed by atoms with van der Waals surface area (Å²) in [5.74, 6) is -0.302. The molecular weight excluding hydrogens is 278 g/mol. The number of aliphatic carboxylic acids is 1. The van der Waals surface area contributed by atoms with Gasteiger partial charge in [-0.15, -0.1) is 11.8 Å². The maximum Gasteiger partial charge on any atom is 0.313 e. The van der Waals surface area contributed by atoms with Gasteiger partial charge in [-0.1, -0.05) is 18.2 Å². The molecular formula is C13H15N3O3S. The molecule has 2 aromatic rings. The van der Waals surface area contributed by atoms with Crippen LogP contribution in [0.3, 0.4) is 0 Å². The van der Waals surface area contributed by atoms with E-state index in [1.165, 1.54) is 11.8 Å². The molecule has 0 atom stereocenters. The first-order valence-corrected chi connectivity index (χ1v) is 7.30. The molecule has 2 rings (SSSR count). The fourth-order valence-corrected chi connectivity index (χ4v) is 2.36. The predicted molar refractivity (Wildman–Crippen MR) is 77.8 cm³/mol. The van der Waals surface area contributed by atoms with Crippen LogP contribution in [0.1, 0.15) is 5.69 Å². The van der Waals surface area contributed by atoms with E-state index in [1.54, 1.807) is 0 Å². The van der Waals surface area contributed by atoms with Crippen molar-refractivity contribution < 1.29 is 14.7 Å². The molecule has 106 valence electrons. The van der Waals surface area contributed by atoms with Crippen LogP contribution in [-0.4, -0.2) is 45.2 Å². The normalized spacial score (nSPS) is 10.6. The van der Waals surface area contributed by atoms with Crippen LogP contribution in [0.15, 0.2) is 24.3 Å². The fourth-order valence-electron chi connectivity index (χ4n) is 1.79. The number of thioether (sulfide) groups is 1. The van der Waals surface area contributed by atoms with Gasteiger partial charge in [0.05, 0.1) is 23.4 Å². The number of aromatic nitrogens is 2. The first-order valence-electron chi connectivity index (χ1n) is 6.15. The third-order valence-corrected chi connectivity index (χ3v) is 3.62. The average molecular weight is 293 g/mol. The van der Waals surface area contributed by atoms with E-state index in [0.29, 0.717) is 12.3 Å². The molecule has 0 unspecified atom stereocenters. The molecule has 0 bridgehead atoms. The van der Waals surface area contributed by atoms with E-state index in [-0.39, 0.29) is 18.1 Å². The fraction of sp³-hybridized carbons (Fsp3) is 0.308. The lowest BCUT2D eigenvalue weighted by atomic mass is 10.1. The minimum Gasteiger partial charge on any atom is -0.481 e. The van der Waals surface area contributed by atoms with E-state index < -0.39 is 5.97 Å². The Balaban J connectivity index is 1.78. The Labute approximate surface area is 119 Å². The van der Waals surface area contributed by atoms with Crippen LogP contribution >= 0.6 is 11.8 Å². The number of hydrogen-bond acceptors (Lipinski definition) is 4. The highest BCUT2D eigenvalue weighted by atomic mass is 32.2. The van der Waals surface area contributed by atoms with Crippen molar-refractivity contribution in [1.29, 1.82) is 0 Å². The molecule has 6 nitrogen and oxygen atoms in total. The molecule has 20 heavy (non-hydrogen) atoms. The van der Waals surface area contributed by atoms with E-state index in [2.05, 4.69) is 15.5 Å². The third-order valence-electron chi connectivity index (χ3n) is 2.67. The topological polar surface area (TPSA) is 95.1 Å². The van der Waals surface area contributed by atoms with Gasteiger partial charge in [-0.05, 0) is 6.07 Å². The SMILES string of the molecule is O=C(O)CSCCNC(=O)Cc1[nH]nc2ccccc12. The third kappa shape index (κ3) is 3.99. The van der Waals surface area contributed by atoms with Crippen LogP contribution in [-0.2, 0) is 16.0 Å². The zero-order valence-electron chi connectivity index (χ0n) is 10.8. The monoisotopic (exact) mass is 293 g/mol. The Hall–Kier alpha value is -2.02. The maximum atomic E-state index is 11.8. The van der Waals surface area contributed by atoms with E-state index in [1.807, 2.05) is 24.3 Å². The number of carbonyl (C=O) groups excluding carboxylic acids is 1. The molecule has 1 aromatic heterocycles. The molecule has 7 heteroatoms. The van der Waals surface area contributed by atoms with Crippen molar-refractivity contribution in [2.75, 3.05) is 18.1 Å². The average Bonchev–Trinajstić information content (AvgIpc) is 2.81. The van der Waals surface area contributed by atoms with Crippen molar-refractivity contribution in [3.05, 3.63) is 30.0 Å². The number of carbonyl (C=O) groups is 2. The van der Waals surface area contributed by atoms with Gasteiger partial charge in [0.15, 0.2) is 0 Å². The number of H-pyrrole nitrogens is 1. The maximum absolute atomic E-state index is 11.8. The van der Waals surface area contributed by atoms with Crippen molar-refractivity contribution in [3.8, 4) is 0 Å². The lowest BCUT2D eigenvalue weighted by molar-refractivity contribution is -0.133. The van der Waals surface area contributed by atoms with Crippen molar-refractivity contribution in [2.45, 2.75) is 6.42 Å². The zero-order valence-corrected chi connectivity index (χ0v) is 11.6. The molecule has 1 aromatic carbocycles. The molecule has 1 heterocycles. The van der Waals surface area contributed by atoms with Crippen molar-refractivity contribution in [3.63, 3.8) is 0 Å². The van der Waals surface area contributed by atoms with E-state index >= 15 is 0 Å². The molecule has 0 radical (unpaired) electrons. The quantitative estimate of drug-likeness (QED) is 0.663. The van der Waals surface area contributed by atoms with Crippen molar-refractivity contribution in [2.24, 2.45) is 0 Å². The Morgan fingerprint density at radius 1 is 1.35 bits per heavy atom. The first kappa shape index (κ1) is 14.4. The number of benzene rings is 1. The summed E-state index contributed by atoms with van der Waals surface area (Å²) in [5.41, 5.74) is 1.63. The van der Waals surface area contributed by atoms with Gasteiger partial charge in [0.2, 0.25) is 5.91 Å². The number of para-hydroxylation sites is 1. The smallest absolute Gasteiger partial charge is 0.313 e. The summed E-state index contributed by atoms with van der Waals surface area (Å²) in [4.78, 5) is 22.1. The van der Waals surface area contributed by atoms with Gasteiger partial charge in [0.25, 0.3) is 0 Å². The number of rotatable bonds is 7. The summed E-state index contributed by atoms with van der Waals surface area (Å²) in [6, 6.07) is 7.61. The standard InChI is InChI=1S/C13H15N3O3S/c17-12(14-5-6-20-8-13(18)19)7-11-9-3-1-2-4-10(9)15-16-11/h1-4H,5-8H2,(H,14,17)(H,15,16)(H,18,19). The van der Waals surface area contributed by atoms with Crippen molar-refractivity contribution >= 4 is 34.5 Å². The van der Waals surface area contributed by atoms with E-state index in [4.69, 9.17) is 5.11 Å². The molecule has 0 aliphatic carbocycles. The van der Waals surface area contributed by atoms with Crippen LogP contribution in [0.4, 0.5) is 0 Å². The van der Waals surface area contributed by atoms with Gasteiger partial charge in [-0.25, -0.2) is 0 Å². The molecule has 0 aliphatic heterocycles. The zero-order chi connectivity index (χ0) is 14.4. The second kappa shape index (κ2) is 6.95. The number of nitrogens with one attached hydrogen (secondary N) is 2. The molecule has 0 saturated carbocycles. The number of fused-ring (bicyclic) bond motifs is 1. The highest BCUT2D eigenvalue weighted by Gasteiger charge is 2.09. The van der Waals surface area contributed by atoms with Crippen LogP contribution in [0.25, 0.3) is 10.9 Å². The Morgan fingerprint density at radius 2 is 2.15 bits per heavy atom. The number of amides is 1. The lowest BCUT2D eigenvalue weighted by Crippen LogP contribution is -2.27. The van der Waals surface area contributed by atoms with Gasteiger partial charge < -0.3 is 10.4 Å². The van der Waals surface area contributed by atoms with Crippen LogP contribution in [0, 0.1) is 0 Å². The minimum absolute atomic E-state index is 0.0566. The highest BCUT2D eigenvalue weighted by Crippen LogP contribution is 2.15. The summed E-state index contributed by atoms with van der Waals surface area (Å²) in [5, 5.41) is 19.2. The summed E-state index contributed by atoms with van der Waals surface area (Å²) in [6.07, 6.45) is 0.240. The number of carboxylic acid groups (broad SMARTS) is 1. The van der Waals surface area contributed by atoms with Crippen molar-refractivity contribution in [1.82, 2.24) is 15.5 Å². The van der Waals surface area contributed by atoms with Crippen LogP contribution in [0.5, 0.6) is 0 Å². The van der Waals surface area contributed by atoms with Gasteiger partial charge in [0.1, 0.15) is 0 Å². The predicted octanol–water partition coefficient (Wildman–Crippen LogP) is 1.04. The summed E-state index contributed by atoms with van der Waals surface area (Å²) in [7, 11) is 0. The molecule has 0 spiro atoms. The molecule has 3 N–H and O–H groups in total.